The summed E-state index contributed by atoms with van der Waals surface area (Å²) in [5, 5.41) is 2.47. The highest BCUT2D eigenvalue weighted by Crippen LogP contribution is 2.51. The Morgan fingerprint density at radius 1 is 0.362 bits per heavy atom. The Morgan fingerprint density at radius 3 is 1.64 bits per heavy atom. The molecule has 0 aliphatic heterocycles. The van der Waals surface area contributed by atoms with Crippen LogP contribution < -0.4 is 0 Å². The zero-order valence-electron chi connectivity index (χ0n) is 32.3. The SMILES string of the molecule is CC1(C)c2ccccc2-c2c(-n3c4ccccc4c4ccc(-c5cccc(-c6nc(-c7ccccc7)nc(-c7ccc(-c8ccccc8)cc7)n6)c5)cc43)cccc21. The number of hydrogen-bond donors (Lipinski definition) is 0. The summed E-state index contributed by atoms with van der Waals surface area (Å²) in [6.07, 6.45) is 0. The number of hydrogen-bond acceptors (Lipinski definition) is 3. The normalized spacial score (nSPS) is 12.8. The zero-order valence-corrected chi connectivity index (χ0v) is 32.3. The molecule has 8 aromatic carbocycles. The highest BCUT2D eigenvalue weighted by Gasteiger charge is 2.37. The van der Waals surface area contributed by atoms with Crippen molar-refractivity contribution in [2.24, 2.45) is 0 Å². The fourth-order valence-electron chi connectivity index (χ4n) is 8.96. The van der Waals surface area contributed by atoms with Gasteiger partial charge in [-0.05, 0) is 63.2 Å². The van der Waals surface area contributed by atoms with E-state index in [1.807, 2.05) is 36.4 Å². The minimum atomic E-state index is -0.0901. The van der Waals surface area contributed by atoms with Gasteiger partial charge < -0.3 is 4.57 Å². The van der Waals surface area contributed by atoms with Crippen molar-refractivity contribution < 1.29 is 0 Å². The molecular weight excluding hydrogens is 705 g/mol. The molecule has 0 radical (unpaired) electrons. The van der Waals surface area contributed by atoms with Crippen molar-refractivity contribution in [2.45, 2.75) is 19.3 Å². The van der Waals surface area contributed by atoms with E-state index in [0.717, 1.165) is 33.4 Å². The standard InChI is InChI=1S/C54H38N4/c1-54(2)45-23-11-9-22-44(45)50-46(54)24-14-26-48(50)58-47-25-12-10-21-42(47)43-32-31-40(34-49(43)58)39-19-13-20-41(33-39)53-56-51(37-17-7-4-8-18-37)55-52(57-53)38-29-27-36(28-30-38)35-15-5-3-6-16-35/h3-34H,1-2H3. The van der Waals surface area contributed by atoms with Gasteiger partial charge in [0.1, 0.15) is 0 Å². The second kappa shape index (κ2) is 13.4. The first-order valence-corrected chi connectivity index (χ1v) is 19.9. The first-order valence-electron chi connectivity index (χ1n) is 19.9. The van der Waals surface area contributed by atoms with Gasteiger partial charge in [-0.3, -0.25) is 0 Å². The molecule has 0 spiro atoms. The monoisotopic (exact) mass is 742 g/mol. The van der Waals surface area contributed by atoms with Crippen LogP contribution >= 0.6 is 0 Å². The lowest BCUT2D eigenvalue weighted by Gasteiger charge is -2.22. The molecule has 0 unspecified atom stereocenters. The van der Waals surface area contributed by atoms with Gasteiger partial charge in [-0.1, -0.05) is 184 Å². The van der Waals surface area contributed by atoms with E-state index < -0.39 is 0 Å². The van der Waals surface area contributed by atoms with Gasteiger partial charge in [0.25, 0.3) is 0 Å². The molecule has 0 saturated carbocycles. The van der Waals surface area contributed by atoms with E-state index in [4.69, 9.17) is 15.0 Å². The molecule has 0 bridgehead atoms. The average Bonchev–Trinajstić information content (AvgIpc) is 3.75. The minimum absolute atomic E-state index is 0.0901. The van der Waals surface area contributed by atoms with Gasteiger partial charge in [-0.25, -0.2) is 15.0 Å². The van der Waals surface area contributed by atoms with Crippen LogP contribution in [0.25, 0.3) is 95.0 Å². The maximum Gasteiger partial charge on any atom is 0.164 e. The van der Waals surface area contributed by atoms with Crippen molar-refractivity contribution in [2.75, 3.05) is 0 Å². The molecule has 0 fully saturated rings. The summed E-state index contributed by atoms with van der Waals surface area (Å²) < 4.78 is 2.47. The lowest BCUT2D eigenvalue weighted by molar-refractivity contribution is 0.660. The third-order valence-electron chi connectivity index (χ3n) is 11.9. The molecule has 1 aliphatic carbocycles. The summed E-state index contributed by atoms with van der Waals surface area (Å²) >= 11 is 0. The van der Waals surface area contributed by atoms with Crippen LogP contribution in [-0.2, 0) is 5.41 Å². The van der Waals surface area contributed by atoms with Crippen LogP contribution in [0.3, 0.4) is 0 Å². The molecular formula is C54H38N4. The Labute approximate surface area is 337 Å². The van der Waals surface area contributed by atoms with Crippen molar-refractivity contribution in [1.29, 1.82) is 0 Å². The molecule has 4 heteroatoms. The lowest BCUT2D eigenvalue weighted by Crippen LogP contribution is -2.14. The predicted octanol–water partition coefficient (Wildman–Crippen LogP) is 13.6. The van der Waals surface area contributed by atoms with E-state index in [1.54, 1.807) is 0 Å². The van der Waals surface area contributed by atoms with E-state index in [-0.39, 0.29) is 5.41 Å². The van der Waals surface area contributed by atoms with Gasteiger partial charge in [0.05, 0.1) is 16.7 Å². The molecule has 0 atom stereocenters. The largest absolute Gasteiger partial charge is 0.309 e. The average molecular weight is 743 g/mol. The van der Waals surface area contributed by atoms with Gasteiger partial charge in [0, 0.05) is 38.4 Å². The van der Waals surface area contributed by atoms with E-state index in [0.29, 0.717) is 17.5 Å². The van der Waals surface area contributed by atoms with E-state index >= 15 is 0 Å². The topological polar surface area (TPSA) is 43.6 Å². The predicted molar refractivity (Wildman–Crippen MR) is 239 cm³/mol. The van der Waals surface area contributed by atoms with Crippen molar-refractivity contribution in [3.05, 3.63) is 205 Å². The summed E-state index contributed by atoms with van der Waals surface area (Å²) in [5.74, 6) is 1.92. The maximum atomic E-state index is 5.11. The second-order valence-electron chi connectivity index (χ2n) is 15.7. The van der Waals surface area contributed by atoms with Crippen LogP contribution in [0.4, 0.5) is 0 Å². The molecule has 58 heavy (non-hydrogen) atoms. The first-order chi connectivity index (χ1) is 28.5. The van der Waals surface area contributed by atoms with Crippen molar-refractivity contribution >= 4 is 21.8 Å². The molecule has 11 rings (SSSR count). The molecule has 2 aromatic heterocycles. The number of rotatable bonds is 6. The molecule has 2 heterocycles. The molecule has 4 nitrogen and oxygen atoms in total. The van der Waals surface area contributed by atoms with Crippen molar-refractivity contribution in [3.63, 3.8) is 0 Å². The summed E-state index contributed by atoms with van der Waals surface area (Å²) in [6.45, 7) is 4.69. The van der Waals surface area contributed by atoms with Crippen LogP contribution in [0.2, 0.25) is 0 Å². The summed E-state index contributed by atoms with van der Waals surface area (Å²) in [7, 11) is 0. The Kier molecular flexibility index (Phi) is 7.80. The van der Waals surface area contributed by atoms with Gasteiger partial charge in [-0.2, -0.15) is 0 Å². The van der Waals surface area contributed by atoms with Crippen LogP contribution in [-0.4, -0.2) is 19.5 Å². The third kappa shape index (κ3) is 5.48. The van der Waals surface area contributed by atoms with E-state index in [2.05, 4.69) is 176 Å². The summed E-state index contributed by atoms with van der Waals surface area (Å²) in [5.41, 5.74) is 16.2. The first kappa shape index (κ1) is 33.9. The van der Waals surface area contributed by atoms with Crippen molar-refractivity contribution in [3.8, 4) is 73.2 Å². The molecule has 1 aliphatic rings. The number of benzene rings is 8. The Hall–Kier alpha value is -7.43. The van der Waals surface area contributed by atoms with Gasteiger partial charge >= 0.3 is 0 Å². The lowest BCUT2D eigenvalue weighted by atomic mass is 9.82. The van der Waals surface area contributed by atoms with Gasteiger partial charge in [-0.15, -0.1) is 0 Å². The van der Waals surface area contributed by atoms with Gasteiger partial charge in [0.15, 0.2) is 17.5 Å². The van der Waals surface area contributed by atoms with E-state index in [1.165, 1.54) is 55.3 Å². The van der Waals surface area contributed by atoms with Crippen LogP contribution in [0.15, 0.2) is 194 Å². The van der Waals surface area contributed by atoms with Crippen LogP contribution in [0.5, 0.6) is 0 Å². The Morgan fingerprint density at radius 2 is 0.862 bits per heavy atom. The highest BCUT2D eigenvalue weighted by atomic mass is 15.0. The minimum Gasteiger partial charge on any atom is -0.309 e. The van der Waals surface area contributed by atoms with E-state index in [9.17, 15) is 0 Å². The number of aromatic nitrogens is 4. The fraction of sp³-hybridized carbons (Fsp3) is 0.0556. The molecule has 10 aromatic rings. The maximum absolute atomic E-state index is 5.11. The number of fused-ring (bicyclic) bond motifs is 6. The Bertz CT molecular complexity index is 3180. The highest BCUT2D eigenvalue weighted by molar-refractivity contribution is 6.11. The third-order valence-corrected chi connectivity index (χ3v) is 11.9. The quantitative estimate of drug-likeness (QED) is 0.170. The number of nitrogens with zero attached hydrogens (tertiary/aromatic N) is 4. The molecule has 0 N–H and O–H groups in total. The molecule has 274 valence electrons. The van der Waals surface area contributed by atoms with Crippen molar-refractivity contribution in [1.82, 2.24) is 19.5 Å². The van der Waals surface area contributed by atoms with Gasteiger partial charge in [0.2, 0.25) is 0 Å². The van der Waals surface area contributed by atoms with Crippen LogP contribution in [0, 0.1) is 0 Å². The summed E-state index contributed by atoms with van der Waals surface area (Å²) in [4.78, 5) is 15.2. The fourth-order valence-corrected chi connectivity index (χ4v) is 8.96. The summed E-state index contributed by atoms with van der Waals surface area (Å²) in [6, 6.07) is 69.0. The molecule has 0 saturated heterocycles. The van der Waals surface area contributed by atoms with Crippen LogP contribution in [0.1, 0.15) is 25.0 Å². The second-order valence-corrected chi connectivity index (χ2v) is 15.7. The zero-order chi connectivity index (χ0) is 38.8. The Balaban J connectivity index is 1.05. The smallest absolute Gasteiger partial charge is 0.164 e. The number of para-hydroxylation sites is 1. The molecule has 0 amide bonds.